The van der Waals surface area contributed by atoms with Gasteiger partial charge in [-0.15, -0.1) is 0 Å². The molecule has 2 N–H and O–H groups in total. The van der Waals surface area contributed by atoms with E-state index in [2.05, 4.69) is 5.32 Å². The second kappa shape index (κ2) is 6.71. The fourth-order valence-corrected chi connectivity index (χ4v) is 2.20. The Morgan fingerprint density at radius 1 is 1.10 bits per heavy atom. The predicted octanol–water partition coefficient (Wildman–Crippen LogP) is 0.825. The Morgan fingerprint density at radius 2 is 1.62 bits per heavy atom. The van der Waals surface area contributed by atoms with Gasteiger partial charge in [0.15, 0.2) is 0 Å². The summed E-state index contributed by atoms with van der Waals surface area (Å²) in [4.78, 5) is 24.0. The molecule has 0 aliphatic rings. The summed E-state index contributed by atoms with van der Waals surface area (Å²) in [5, 5.41) is 2.56. The Hall–Kier alpha value is -1.89. The molecule has 1 aromatic rings. The molecule has 2 amide bonds. The molecule has 0 saturated heterocycles. The molecular formula is C14H20N2O4S. The minimum atomic E-state index is -3.66. The highest BCUT2D eigenvalue weighted by atomic mass is 32.2. The van der Waals surface area contributed by atoms with E-state index in [1.807, 2.05) is 11.6 Å². The van der Waals surface area contributed by atoms with Crippen molar-refractivity contribution in [3.8, 4) is 0 Å². The average molecular weight is 312 g/mol. The van der Waals surface area contributed by atoms with Gasteiger partial charge in [-0.3, -0.25) is 14.3 Å². The Balaban J connectivity index is 2.86. The number of amides is 2. The van der Waals surface area contributed by atoms with Gasteiger partial charge in [0, 0.05) is 5.56 Å². The van der Waals surface area contributed by atoms with Crippen LogP contribution in [0, 0.1) is 12.8 Å². The lowest BCUT2D eigenvalue weighted by Gasteiger charge is -2.21. The van der Waals surface area contributed by atoms with Gasteiger partial charge in [-0.05, 0) is 25.0 Å². The number of rotatable bonds is 5. The molecular weight excluding hydrogens is 292 g/mol. The molecule has 7 heteroatoms. The minimum Gasteiger partial charge on any atom is -0.340 e. The van der Waals surface area contributed by atoms with Crippen molar-refractivity contribution in [2.75, 3.05) is 6.26 Å². The molecule has 6 nitrogen and oxygen atoms in total. The third-order valence-electron chi connectivity index (χ3n) is 2.84. The monoisotopic (exact) mass is 312 g/mol. The van der Waals surface area contributed by atoms with Gasteiger partial charge in [-0.25, -0.2) is 8.42 Å². The summed E-state index contributed by atoms with van der Waals surface area (Å²) in [6, 6.07) is 5.95. The fourth-order valence-electron chi connectivity index (χ4n) is 1.71. The summed E-state index contributed by atoms with van der Waals surface area (Å²) in [7, 11) is -3.66. The van der Waals surface area contributed by atoms with E-state index in [4.69, 9.17) is 0 Å². The summed E-state index contributed by atoms with van der Waals surface area (Å²) < 4.78 is 24.1. The van der Waals surface area contributed by atoms with Crippen molar-refractivity contribution in [3.63, 3.8) is 0 Å². The molecule has 0 bridgehead atoms. The average Bonchev–Trinajstić information content (AvgIpc) is 2.33. The summed E-state index contributed by atoms with van der Waals surface area (Å²) in [6.07, 6.45) is 0.893. The fraction of sp³-hybridized carbons (Fsp3) is 0.429. The molecule has 0 heterocycles. The lowest BCUT2D eigenvalue weighted by atomic mass is 10.0. The van der Waals surface area contributed by atoms with Gasteiger partial charge in [0.25, 0.3) is 11.8 Å². The van der Waals surface area contributed by atoms with Crippen LogP contribution >= 0.6 is 0 Å². The molecule has 1 rings (SSSR count). The van der Waals surface area contributed by atoms with E-state index in [9.17, 15) is 18.0 Å². The quantitative estimate of drug-likeness (QED) is 0.842. The van der Waals surface area contributed by atoms with Crippen LogP contribution in [-0.4, -0.2) is 32.5 Å². The van der Waals surface area contributed by atoms with E-state index in [-0.39, 0.29) is 5.92 Å². The van der Waals surface area contributed by atoms with Crippen molar-refractivity contribution in [2.45, 2.75) is 26.8 Å². The Morgan fingerprint density at radius 3 is 2.05 bits per heavy atom. The van der Waals surface area contributed by atoms with E-state index < -0.39 is 27.9 Å². The Labute approximate surface area is 125 Å². The summed E-state index contributed by atoms with van der Waals surface area (Å²) >= 11 is 0. The van der Waals surface area contributed by atoms with Gasteiger partial charge in [0.2, 0.25) is 10.0 Å². The zero-order valence-electron chi connectivity index (χ0n) is 12.5. The third kappa shape index (κ3) is 5.55. The van der Waals surface area contributed by atoms with E-state index in [0.717, 1.165) is 11.8 Å². The predicted molar refractivity (Wildman–Crippen MR) is 80.3 cm³/mol. The molecule has 0 radical (unpaired) electrons. The Kier molecular flexibility index (Phi) is 5.48. The Bertz CT molecular complexity index is 621. The van der Waals surface area contributed by atoms with Crippen molar-refractivity contribution in [3.05, 3.63) is 35.4 Å². The number of benzene rings is 1. The van der Waals surface area contributed by atoms with Crippen LogP contribution in [0.1, 0.15) is 29.8 Å². The molecule has 0 fully saturated rings. The molecule has 0 saturated carbocycles. The standard InChI is InChI=1S/C14H20N2O4S/c1-9(2)12(14(18)16-21(4,19)20)15-13(17)11-7-5-10(3)6-8-11/h5-9,12H,1-4H3,(H,15,17)(H,16,18)/t12-/m1/s1. The van der Waals surface area contributed by atoms with Crippen LogP contribution in [0.15, 0.2) is 24.3 Å². The smallest absolute Gasteiger partial charge is 0.256 e. The highest BCUT2D eigenvalue weighted by molar-refractivity contribution is 7.89. The van der Waals surface area contributed by atoms with Crippen LogP contribution < -0.4 is 10.0 Å². The van der Waals surface area contributed by atoms with Crippen LogP contribution in [-0.2, 0) is 14.8 Å². The highest BCUT2D eigenvalue weighted by Crippen LogP contribution is 2.07. The highest BCUT2D eigenvalue weighted by Gasteiger charge is 2.26. The number of carbonyl (C=O) groups excluding carboxylic acids is 2. The lowest BCUT2D eigenvalue weighted by Crippen LogP contribution is -2.50. The van der Waals surface area contributed by atoms with E-state index in [1.54, 1.807) is 38.1 Å². The van der Waals surface area contributed by atoms with Crippen molar-refractivity contribution in [1.29, 1.82) is 0 Å². The topological polar surface area (TPSA) is 92.3 Å². The largest absolute Gasteiger partial charge is 0.340 e. The number of sulfonamides is 1. The summed E-state index contributed by atoms with van der Waals surface area (Å²) in [5.41, 5.74) is 1.43. The van der Waals surface area contributed by atoms with Gasteiger partial charge in [-0.1, -0.05) is 31.5 Å². The van der Waals surface area contributed by atoms with Crippen LogP contribution in [0.3, 0.4) is 0 Å². The zero-order valence-corrected chi connectivity index (χ0v) is 13.3. The molecule has 1 atom stereocenters. The van der Waals surface area contributed by atoms with Crippen LogP contribution in [0.5, 0.6) is 0 Å². The van der Waals surface area contributed by atoms with E-state index in [1.165, 1.54) is 0 Å². The van der Waals surface area contributed by atoms with Crippen molar-refractivity contribution in [2.24, 2.45) is 5.92 Å². The van der Waals surface area contributed by atoms with Crippen molar-refractivity contribution < 1.29 is 18.0 Å². The molecule has 21 heavy (non-hydrogen) atoms. The van der Waals surface area contributed by atoms with Crippen LogP contribution in [0.4, 0.5) is 0 Å². The maximum atomic E-state index is 12.1. The second-order valence-electron chi connectivity index (χ2n) is 5.30. The molecule has 1 aromatic carbocycles. The molecule has 116 valence electrons. The first-order valence-corrected chi connectivity index (χ1v) is 8.38. The lowest BCUT2D eigenvalue weighted by molar-refractivity contribution is -0.122. The summed E-state index contributed by atoms with van der Waals surface area (Å²) in [6.45, 7) is 5.35. The van der Waals surface area contributed by atoms with Crippen LogP contribution in [0.25, 0.3) is 0 Å². The number of carbonyl (C=O) groups is 2. The first kappa shape index (κ1) is 17.2. The zero-order chi connectivity index (χ0) is 16.2. The molecule has 0 spiro atoms. The van der Waals surface area contributed by atoms with E-state index in [0.29, 0.717) is 5.56 Å². The SMILES string of the molecule is Cc1ccc(C(=O)N[C@@H](C(=O)NS(C)(=O)=O)C(C)C)cc1. The second-order valence-corrected chi connectivity index (χ2v) is 7.05. The molecule has 0 aliphatic carbocycles. The van der Waals surface area contributed by atoms with Crippen LogP contribution in [0.2, 0.25) is 0 Å². The number of nitrogens with one attached hydrogen (secondary N) is 2. The van der Waals surface area contributed by atoms with Gasteiger partial charge in [0.05, 0.1) is 6.26 Å². The van der Waals surface area contributed by atoms with Crippen molar-refractivity contribution >= 4 is 21.8 Å². The molecule has 0 aromatic heterocycles. The molecule has 0 aliphatic heterocycles. The molecule has 0 unspecified atom stereocenters. The van der Waals surface area contributed by atoms with Gasteiger partial charge in [-0.2, -0.15) is 0 Å². The van der Waals surface area contributed by atoms with Crippen molar-refractivity contribution in [1.82, 2.24) is 10.0 Å². The van der Waals surface area contributed by atoms with Gasteiger partial charge in [0.1, 0.15) is 6.04 Å². The van der Waals surface area contributed by atoms with Gasteiger partial charge < -0.3 is 5.32 Å². The maximum absolute atomic E-state index is 12.1. The number of hydrogen-bond acceptors (Lipinski definition) is 4. The van der Waals surface area contributed by atoms with Gasteiger partial charge >= 0.3 is 0 Å². The minimum absolute atomic E-state index is 0.249. The first-order chi connectivity index (χ1) is 9.60. The van der Waals surface area contributed by atoms with E-state index >= 15 is 0 Å². The third-order valence-corrected chi connectivity index (χ3v) is 3.41. The first-order valence-electron chi connectivity index (χ1n) is 6.49. The normalized spacial score (nSPS) is 12.8. The maximum Gasteiger partial charge on any atom is 0.256 e. The number of aryl methyl sites for hydroxylation is 1. The summed E-state index contributed by atoms with van der Waals surface area (Å²) in [5.74, 6) is -1.41. The number of hydrogen-bond donors (Lipinski definition) is 2.